The van der Waals surface area contributed by atoms with Gasteiger partial charge in [0.2, 0.25) is 0 Å². The first kappa shape index (κ1) is 12.6. The number of benzene rings is 1. The molecule has 0 radical (unpaired) electrons. The van der Waals surface area contributed by atoms with Gasteiger partial charge in [-0.15, -0.1) is 0 Å². The minimum atomic E-state index is 0.0108. The molecular formula is C14H14N2OS. The monoisotopic (exact) mass is 258 g/mol. The van der Waals surface area contributed by atoms with E-state index in [0.29, 0.717) is 5.56 Å². The Kier molecular flexibility index (Phi) is 3.99. The summed E-state index contributed by atoms with van der Waals surface area (Å²) < 4.78 is 1.91. The SMILES string of the molecule is Cc1ccc(C(=O)/C=C\Sc2nccn2C)cc1. The molecule has 3 nitrogen and oxygen atoms in total. The largest absolute Gasteiger partial charge is 0.329 e. The fraction of sp³-hybridized carbons (Fsp3) is 0.143. The Morgan fingerprint density at radius 2 is 2.06 bits per heavy atom. The number of carbonyl (C=O) groups excluding carboxylic acids is 1. The lowest BCUT2D eigenvalue weighted by Crippen LogP contribution is -1.93. The van der Waals surface area contributed by atoms with Crippen molar-refractivity contribution in [2.24, 2.45) is 7.05 Å². The van der Waals surface area contributed by atoms with Gasteiger partial charge in [0.25, 0.3) is 0 Å². The fourth-order valence-electron chi connectivity index (χ4n) is 1.44. The number of ketones is 1. The maximum Gasteiger partial charge on any atom is 0.186 e. The van der Waals surface area contributed by atoms with Gasteiger partial charge in [0.05, 0.1) is 0 Å². The minimum absolute atomic E-state index is 0.0108. The Bertz CT molecular complexity index is 570. The fourth-order valence-corrected chi connectivity index (χ4v) is 2.10. The quantitative estimate of drug-likeness (QED) is 0.480. The molecule has 0 fully saturated rings. The van der Waals surface area contributed by atoms with Gasteiger partial charge < -0.3 is 4.57 Å². The summed E-state index contributed by atoms with van der Waals surface area (Å²) in [5.74, 6) is 0.0108. The van der Waals surface area contributed by atoms with Crippen LogP contribution in [0, 0.1) is 6.92 Å². The summed E-state index contributed by atoms with van der Waals surface area (Å²) in [7, 11) is 1.92. The average Bonchev–Trinajstić information content (AvgIpc) is 2.76. The molecule has 0 amide bonds. The molecule has 18 heavy (non-hydrogen) atoms. The number of allylic oxidation sites excluding steroid dienone is 1. The molecule has 1 heterocycles. The van der Waals surface area contributed by atoms with Gasteiger partial charge in [0.1, 0.15) is 0 Å². The molecule has 0 aliphatic heterocycles. The van der Waals surface area contributed by atoms with E-state index in [9.17, 15) is 4.79 Å². The third-order valence-electron chi connectivity index (χ3n) is 2.51. The highest BCUT2D eigenvalue weighted by atomic mass is 32.2. The van der Waals surface area contributed by atoms with E-state index in [2.05, 4.69) is 4.98 Å². The molecule has 0 atom stereocenters. The lowest BCUT2D eigenvalue weighted by molar-refractivity contribution is 0.104. The molecule has 0 N–H and O–H groups in total. The predicted molar refractivity (Wildman–Crippen MR) is 73.7 cm³/mol. The zero-order valence-electron chi connectivity index (χ0n) is 10.3. The van der Waals surface area contributed by atoms with E-state index in [0.717, 1.165) is 10.7 Å². The van der Waals surface area contributed by atoms with Crippen LogP contribution in [-0.4, -0.2) is 15.3 Å². The summed E-state index contributed by atoms with van der Waals surface area (Å²) in [5, 5.41) is 2.63. The van der Waals surface area contributed by atoms with E-state index >= 15 is 0 Å². The smallest absolute Gasteiger partial charge is 0.186 e. The van der Waals surface area contributed by atoms with Crippen LogP contribution in [-0.2, 0) is 7.05 Å². The molecule has 0 spiro atoms. The highest BCUT2D eigenvalue weighted by Crippen LogP contribution is 2.16. The molecule has 0 bridgehead atoms. The van der Waals surface area contributed by atoms with E-state index < -0.39 is 0 Å². The standard InChI is InChI=1S/C14H14N2OS/c1-11-3-5-12(6-4-11)13(17)7-10-18-14-15-8-9-16(14)2/h3-10H,1-2H3/b10-7-. The zero-order valence-corrected chi connectivity index (χ0v) is 11.1. The average molecular weight is 258 g/mol. The molecule has 0 aliphatic carbocycles. The number of aryl methyl sites for hydroxylation is 2. The van der Waals surface area contributed by atoms with Gasteiger partial charge in [0, 0.05) is 25.0 Å². The van der Waals surface area contributed by atoms with Gasteiger partial charge in [-0.1, -0.05) is 41.6 Å². The number of rotatable bonds is 4. The second kappa shape index (κ2) is 5.69. The first-order valence-corrected chi connectivity index (χ1v) is 6.46. The zero-order chi connectivity index (χ0) is 13.0. The van der Waals surface area contributed by atoms with Crippen LogP contribution in [0.5, 0.6) is 0 Å². The van der Waals surface area contributed by atoms with Gasteiger partial charge in [-0.3, -0.25) is 4.79 Å². The first-order valence-electron chi connectivity index (χ1n) is 5.58. The Hall–Kier alpha value is -1.81. The summed E-state index contributed by atoms with van der Waals surface area (Å²) >= 11 is 1.43. The van der Waals surface area contributed by atoms with Gasteiger partial charge in [0.15, 0.2) is 10.9 Å². The normalized spacial score (nSPS) is 11.0. The van der Waals surface area contributed by atoms with E-state index in [4.69, 9.17) is 0 Å². The van der Waals surface area contributed by atoms with Crippen molar-refractivity contribution in [3.05, 3.63) is 59.3 Å². The Balaban J connectivity index is 1.99. The first-order chi connectivity index (χ1) is 8.66. The van der Waals surface area contributed by atoms with Crippen molar-refractivity contribution in [3.63, 3.8) is 0 Å². The lowest BCUT2D eigenvalue weighted by atomic mass is 10.1. The van der Waals surface area contributed by atoms with Crippen molar-refractivity contribution >= 4 is 17.5 Å². The molecule has 1 aromatic carbocycles. The lowest BCUT2D eigenvalue weighted by Gasteiger charge is -1.97. The van der Waals surface area contributed by atoms with Gasteiger partial charge in [-0.05, 0) is 18.4 Å². The third-order valence-corrected chi connectivity index (χ3v) is 3.38. The highest BCUT2D eigenvalue weighted by Gasteiger charge is 2.01. The summed E-state index contributed by atoms with van der Waals surface area (Å²) in [4.78, 5) is 16.0. The van der Waals surface area contributed by atoms with Gasteiger partial charge >= 0.3 is 0 Å². The molecule has 92 valence electrons. The van der Waals surface area contributed by atoms with Crippen LogP contribution in [0.2, 0.25) is 0 Å². The number of nitrogens with zero attached hydrogens (tertiary/aromatic N) is 2. The van der Waals surface area contributed by atoms with Crippen molar-refractivity contribution in [1.82, 2.24) is 9.55 Å². The van der Waals surface area contributed by atoms with E-state index in [1.165, 1.54) is 11.8 Å². The molecule has 0 aliphatic rings. The van der Waals surface area contributed by atoms with Crippen molar-refractivity contribution < 1.29 is 4.79 Å². The summed E-state index contributed by atoms with van der Waals surface area (Å²) in [6.45, 7) is 2.00. The summed E-state index contributed by atoms with van der Waals surface area (Å²) in [6.07, 6.45) is 5.18. The number of thioether (sulfide) groups is 1. The minimum Gasteiger partial charge on any atom is -0.329 e. The number of hydrogen-bond donors (Lipinski definition) is 0. The molecular weight excluding hydrogens is 244 g/mol. The Morgan fingerprint density at radius 3 is 2.67 bits per heavy atom. The summed E-state index contributed by atoms with van der Waals surface area (Å²) in [5.41, 5.74) is 1.86. The van der Waals surface area contributed by atoms with Crippen molar-refractivity contribution in [1.29, 1.82) is 0 Å². The number of aromatic nitrogens is 2. The van der Waals surface area contributed by atoms with E-state index in [1.807, 2.05) is 49.0 Å². The second-order valence-electron chi connectivity index (χ2n) is 3.97. The number of carbonyl (C=O) groups is 1. The molecule has 0 unspecified atom stereocenters. The van der Waals surface area contributed by atoms with Crippen LogP contribution in [0.3, 0.4) is 0 Å². The summed E-state index contributed by atoms with van der Waals surface area (Å²) in [6, 6.07) is 7.56. The van der Waals surface area contributed by atoms with Crippen LogP contribution in [0.25, 0.3) is 0 Å². The third kappa shape index (κ3) is 3.11. The molecule has 0 saturated carbocycles. The molecule has 2 rings (SSSR count). The second-order valence-corrected chi connectivity index (χ2v) is 4.84. The van der Waals surface area contributed by atoms with Crippen LogP contribution in [0.15, 0.2) is 53.3 Å². The van der Waals surface area contributed by atoms with Gasteiger partial charge in [-0.25, -0.2) is 4.98 Å². The van der Waals surface area contributed by atoms with Crippen molar-refractivity contribution in [3.8, 4) is 0 Å². The predicted octanol–water partition coefficient (Wildman–Crippen LogP) is 3.22. The molecule has 1 aromatic heterocycles. The van der Waals surface area contributed by atoms with Crippen LogP contribution < -0.4 is 0 Å². The van der Waals surface area contributed by atoms with Crippen molar-refractivity contribution in [2.75, 3.05) is 0 Å². The maximum absolute atomic E-state index is 11.8. The molecule has 4 heteroatoms. The highest BCUT2D eigenvalue weighted by molar-refractivity contribution is 8.02. The van der Waals surface area contributed by atoms with E-state index in [1.54, 1.807) is 17.7 Å². The maximum atomic E-state index is 11.8. The topological polar surface area (TPSA) is 34.9 Å². The van der Waals surface area contributed by atoms with Crippen molar-refractivity contribution in [2.45, 2.75) is 12.1 Å². The van der Waals surface area contributed by atoms with Crippen LogP contribution >= 0.6 is 11.8 Å². The van der Waals surface area contributed by atoms with E-state index in [-0.39, 0.29) is 5.78 Å². The number of hydrogen-bond acceptors (Lipinski definition) is 3. The number of imidazole rings is 1. The molecule has 2 aromatic rings. The van der Waals surface area contributed by atoms with Crippen LogP contribution in [0.4, 0.5) is 0 Å². The Labute approximate surface area is 111 Å². The van der Waals surface area contributed by atoms with Crippen LogP contribution in [0.1, 0.15) is 15.9 Å². The molecule has 0 saturated heterocycles. The van der Waals surface area contributed by atoms with Gasteiger partial charge in [-0.2, -0.15) is 0 Å². The Morgan fingerprint density at radius 1 is 1.33 bits per heavy atom.